The van der Waals surface area contributed by atoms with Crippen LogP contribution in [0.5, 0.6) is 0 Å². The first-order valence-electron chi connectivity index (χ1n) is 7.08. The molecule has 2 unspecified atom stereocenters. The summed E-state index contributed by atoms with van der Waals surface area (Å²) in [6.07, 6.45) is 2.13. The topological polar surface area (TPSA) is 46.3 Å². The molecule has 1 aromatic carbocycles. The minimum atomic E-state index is 0. The summed E-state index contributed by atoms with van der Waals surface area (Å²) in [6, 6.07) is 5.43. The molecule has 1 saturated heterocycles. The molecule has 1 aromatic rings. The molecule has 1 amide bonds. The summed E-state index contributed by atoms with van der Waals surface area (Å²) in [5.41, 5.74) is 5.96. The second kappa shape index (κ2) is 9.24. The Labute approximate surface area is 152 Å². The van der Waals surface area contributed by atoms with Crippen molar-refractivity contribution in [2.24, 2.45) is 11.7 Å². The van der Waals surface area contributed by atoms with E-state index < -0.39 is 0 Å². The number of thioether (sulfide) groups is 1. The Morgan fingerprint density at radius 1 is 1.50 bits per heavy atom. The Kier molecular flexibility index (Phi) is 8.36. The maximum atomic E-state index is 12.3. The highest BCUT2D eigenvalue weighted by atomic mass is 35.5. The molecule has 1 heterocycles. The van der Waals surface area contributed by atoms with Gasteiger partial charge in [0.15, 0.2) is 0 Å². The van der Waals surface area contributed by atoms with Crippen LogP contribution in [0.25, 0.3) is 0 Å². The quantitative estimate of drug-likeness (QED) is 0.796. The smallest absolute Gasteiger partial charge is 0.232 e. The molecule has 0 aromatic heterocycles. The van der Waals surface area contributed by atoms with Gasteiger partial charge in [0, 0.05) is 29.0 Å². The second-order valence-corrected chi connectivity index (χ2v) is 7.33. The van der Waals surface area contributed by atoms with E-state index in [9.17, 15) is 4.79 Å². The van der Waals surface area contributed by atoms with Gasteiger partial charge < -0.3 is 10.6 Å². The lowest BCUT2D eigenvalue weighted by Gasteiger charge is -2.34. The van der Waals surface area contributed by atoms with Gasteiger partial charge in [0.05, 0.1) is 10.8 Å². The summed E-state index contributed by atoms with van der Waals surface area (Å²) >= 11 is 13.5. The number of piperidine rings is 1. The van der Waals surface area contributed by atoms with Crippen LogP contribution in [0, 0.1) is 5.92 Å². The molecular weight excluding hydrogens is 363 g/mol. The minimum Gasteiger partial charge on any atom is -0.342 e. The first-order valence-corrected chi connectivity index (χ1v) is 8.82. The van der Waals surface area contributed by atoms with Gasteiger partial charge in [0.1, 0.15) is 0 Å². The van der Waals surface area contributed by atoms with Crippen molar-refractivity contribution in [2.75, 3.05) is 18.8 Å². The van der Waals surface area contributed by atoms with Crippen LogP contribution in [0.2, 0.25) is 10.0 Å². The molecule has 1 aliphatic heterocycles. The minimum absolute atomic E-state index is 0. The average molecular weight is 384 g/mol. The Hall–Kier alpha value is -0.130. The van der Waals surface area contributed by atoms with E-state index in [0.717, 1.165) is 30.8 Å². The molecule has 0 bridgehead atoms. The van der Waals surface area contributed by atoms with Gasteiger partial charge >= 0.3 is 0 Å². The molecule has 0 aliphatic carbocycles. The van der Waals surface area contributed by atoms with Crippen molar-refractivity contribution in [3.63, 3.8) is 0 Å². The molecule has 1 aliphatic rings. The van der Waals surface area contributed by atoms with E-state index in [-0.39, 0.29) is 24.4 Å². The molecule has 0 radical (unpaired) electrons. The van der Waals surface area contributed by atoms with Crippen molar-refractivity contribution >= 4 is 53.3 Å². The van der Waals surface area contributed by atoms with Crippen molar-refractivity contribution in [1.29, 1.82) is 0 Å². The van der Waals surface area contributed by atoms with Gasteiger partial charge in [-0.25, -0.2) is 0 Å². The fourth-order valence-electron chi connectivity index (χ4n) is 2.48. The Bertz CT molecular complexity index is 514. The summed E-state index contributed by atoms with van der Waals surface area (Å²) in [4.78, 5) is 15.1. The van der Waals surface area contributed by atoms with Gasteiger partial charge in [-0.05, 0) is 43.9 Å². The average Bonchev–Trinajstić information content (AvgIpc) is 2.48. The van der Waals surface area contributed by atoms with E-state index >= 15 is 0 Å². The zero-order valence-electron chi connectivity index (χ0n) is 12.4. The fourth-order valence-corrected chi connectivity index (χ4v) is 3.88. The van der Waals surface area contributed by atoms with Crippen LogP contribution in [0.4, 0.5) is 0 Å². The number of nitrogens with two attached hydrogens (primary N) is 1. The summed E-state index contributed by atoms with van der Waals surface area (Å²) in [7, 11) is 0. The van der Waals surface area contributed by atoms with Gasteiger partial charge in [-0.15, -0.1) is 24.2 Å². The van der Waals surface area contributed by atoms with Crippen LogP contribution in [0.1, 0.15) is 19.8 Å². The van der Waals surface area contributed by atoms with E-state index in [1.807, 2.05) is 11.8 Å². The SMILES string of the molecule is CC(N)C1CCCN(C(=O)CSc2cc(Cl)ccc2Cl)C1.Cl. The van der Waals surface area contributed by atoms with Crippen molar-refractivity contribution in [2.45, 2.75) is 30.7 Å². The van der Waals surface area contributed by atoms with Gasteiger partial charge in [0.2, 0.25) is 5.91 Å². The molecule has 0 spiro atoms. The molecular formula is C15H21Cl3N2OS. The predicted molar refractivity (Wildman–Crippen MR) is 97.4 cm³/mol. The molecule has 22 heavy (non-hydrogen) atoms. The maximum Gasteiger partial charge on any atom is 0.232 e. The highest BCUT2D eigenvalue weighted by Gasteiger charge is 2.25. The van der Waals surface area contributed by atoms with Crippen LogP contribution in [0.15, 0.2) is 23.1 Å². The third kappa shape index (κ3) is 5.50. The Morgan fingerprint density at radius 3 is 2.91 bits per heavy atom. The Balaban J connectivity index is 0.00000242. The molecule has 2 rings (SSSR count). The van der Waals surface area contributed by atoms with Gasteiger partial charge in [-0.3, -0.25) is 4.79 Å². The van der Waals surface area contributed by atoms with Crippen molar-refractivity contribution < 1.29 is 4.79 Å². The lowest BCUT2D eigenvalue weighted by Crippen LogP contribution is -2.45. The third-order valence-corrected chi connectivity index (χ3v) is 5.52. The van der Waals surface area contributed by atoms with Gasteiger partial charge in [-0.1, -0.05) is 23.2 Å². The Morgan fingerprint density at radius 2 is 2.23 bits per heavy atom. The highest BCUT2D eigenvalue weighted by molar-refractivity contribution is 8.00. The van der Waals surface area contributed by atoms with E-state index in [1.165, 1.54) is 11.8 Å². The molecule has 7 heteroatoms. The standard InChI is InChI=1S/C15H20Cl2N2OS.ClH/c1-10(18)11-3-2-6-19(8-11)15(20)9-21-14-7-12(16)4-5-13(14)17;/h4-5,7,10-11H,2-3,6,8-9,18H2,1H3;1H. The first-order chi connectivity index (χ1) is 9.97. The number of nitrogens with zero attached hydrogens (tertiary/aromatic N) is 1. The molecule has 0 saturated carbocycles. The van der Waals surface area contributed by atoms with Gasteiger partial charge in [-0.2, -0.15) is 0 Å². The number of likely N-dealkylation sites (tertiary alicyclic amines) is 1. The number of rotatable bonds is 4. The summed E-state index contributed by atoms with van der Waals surface area (Å²) < 4.78 is 0. The molecule has 1 fully saturated rings. The number of carbonyl (C=O) groups is 1. The lowest BCUT2D eigenvalue weighted by molar-refractivity contribution is -0.130. The zero-order chi connectivity index (χ0) is 15.4. The van der Waals surface area contributed by atoms with E-state index in [4.69, 9.17) is 28.9 Å². The van der Waals surface area contributed by atoms with Gasteiger partial charge in [0.25, 0.3) is 0 Å². The second-order valence-electron chi connectivity index (χ2n) is 5.46. The fraction of sp³-hybridized carbons (Fsp3) is 0.533. The number of hydrogen-bond donors (Lipinski definition) is 1. The van der Waals surface area contributed by atoms with Crippen molar-refractivity contribution in [3.05, 3.63) is 28.2 Å². The normalized spacial score (nSPS) is 19.5. The zero-order valence-corrected chi connectivity index (χ0v) is 15.6. The number of hydrogen-bond acceptors (Lipinski definition) is 3. The number of halogens is 3. The molecule has 124 valence electrons. The van der Waals surface area contributed by atoms with Crippen LogP contribution in [-0.2, 0) is 4.79 Å². The van der Waals surface area contributed by atoms with Crippen LogP contribution >= 0.6 is 47.4 Å². The molecule has 2 atom stereocenters. The maximum absolute atomic E-state index is 12.3. The summed E-state index contributed by atoms with van der Waals surface area (Å²) in [6.45, 7) is 3.60. The molecule has 3 nitrogen and oxygen atoms in total. The number of amides is 1. The predicted octanol–water partition coefficient (Wildman–Crippen LogP) is 4.09. The van der Waals surface area contributed by atoms with E-state index in [0.29, 0.717) is 21.7 Å². The van der Waals surface area contributed by atoms with Crippen LogP contribution in [0.3, 0.4) is 0 Å². The molecule has 2 N–H and O–H groups in total. The number of carbonyl (C=O) groups excluding carboxylic acids is 1. The highest BCUT2D eigenvalue weighted by Crippen LogP contribution is 2.30. The third-order valence-electron chi connectivity index (χ3n) is 3.80. The summed E-state index contributed by atoms with van der Waals surface area (Å²) in [5.74, 6) is 0.926. The monoisotopic (exact) mass is 382 g/mol. The van der Waals surface area contributed by atoms with E-state index in [2.05, 4.69) is 0 Å². The number of benzene rings is 1. The van der Waals surface area contributed by atoms with Crippen LogP contribution < -0.4 is 5.73 Å². The van der Waals surface area contributed by atoms with Crippen molar-refractivity contribution in [1.82, 2.24) is 4.90 Å². The first kappa shape index (κ1) is 19.9. The largest absolute Gasteiger partial charge is 0.342 e. The van der Waals surface area contributed by atoms with E-state index in [1.54, 1.807) is 18.2 Å². The van der Waals surface area contributed by atoms with Crippen molar-refractivity contribution in [3.8, 4) is 0 Å². The van der Waals surface area contributed by atoms with Crippen LogP contribution in [-0.4, -0.2) is 35.7 Å². The summed E-state index contributed by atoms with van der Waals surface area (Å²) in [5, 5.41) is 1.26. The lowest BCUT2D eigenvalue weighted by atomic mass is 9.92.